The van der Waals surface area contributed by atoms with Crippen LogP contribution in [0.3, 0.4) is 0 Å². The molecule has 2 heteroatoms. The Hall–Kier alpha value is -0.920. The van der Waals surface area contributed by atoms with Crippen LogP contribution in [0.1, 0.15) is 40.0 Å². The molecule has 0 radical (unpaired) electrons. The molecule has 3 atom stereocenters. The van der Waals surface area contributed by atoms with E-state index < -0.39 is 0 Å². The highest BCUT2D eigenvalue weighted by molar-refractivity contribution is 5.16. The van der Waals surface area contributed by atoms with Gasteiger partial charge in [0.1, 0.15) is 0 Å². The molecule has 3 rings (SSSR count). The molecule has 0 aliphatic heterocycles. The van der Waals surface area contributed by atoms with Crippen LogP contribution in [0.15, 0.2) is 24.5 Å². The van der Waals surface area contributed by atoms with Gasteiger partial charge in [-0.05, 0) is 48.1 Å². The van der Waals surface area contributed by atoms with Crippen molar-refractivity contribution in [3.8, 4) is 0 Å². The van der Waals surface area contributed by atoms with E-state index in [-0.39, 0.29) is 0 Å². The summed E-state index contributed by atoms with van der Waals surface area (Å²) >= 11 is 0. The highest BCUT2D eigenvalue weighted by atomic mass is 15.4. The van der Waals surface area contributed by atoms with Crippen LogP contribution in [0, 0.1) is 16.7 Å². The van der Waals surface area contributed by atoms with Gasteiger partial charge in [-0.3, -0.25) is 4.68 Å². The smallest absolute Gasteiger partial charge is 0.0531 e. The van der Waals surface area contributed by atoms with Crippen molar-refractivity contribution in [1.82, 2.24) is 4.68 Å². The van der Waals surface area contributed by atoms with E-state index in [1.54, 1.807) is 0 Å². The van der Waals surface area contributed by atoms with E-state index in [0.717, 1.165) is 5.92 Å². The third-order valence-electron chi connectivity index (χ3n) is 5.15. The summed E-state index contributed by atoms with van der Waals surface area (Å²) in [5, 5.41) is 0. The lowest BCUT2D eigenvalue weighted by Crippen LogP contribution is -2.48. The molecule has 2 nitrogen and oxygen atoms in total. The van der Waals surface area contributed by atoms with E-state index in [0.29, 0.717) is 16.9 Å². The normalized spacial score (nSPS) is 40.2. The summed E-state index contributed by atoms with van der Waals surface area (Å²) in [4.78, 5) is 0. The SMILES string of the molecule is CC1(C)C(Nn2cccc2)[C@]2(C)CC[C@H]1C2. The molecular formula is C14H22N2. The first-order valence-corrected chi connectivity index (χ1v) is 6.42. The Kier molecular flexibility index (Phi) is 1.96. The van der Waals surface area contributed by atoms with Crippen molar-refractivity contribution in [1.29, 1.82) is 0 Å². The summed E-state index contributed by atoms with van der Waals surface area (Å²) in [7, 11) is 0. The number of fused-ring (bicyclic) bond motifs is 2. The summed E-state index contributed by atoms with van der Waals surface area (Å²) in [6, 6.07) is 4.76. The number of aromatic nitrogens is 1. The largest absolute Gasteiger partial charge is 0.322 e. The van der Waals surface area contributed by atoms with Crippen LogP contribution in [0.25, 0.3) is 0 Å². The maximum Gasteiger partial charge on any atom is 0.0531 e. The molecule has 2 bridgehead atoms. The van der Waals surface area contributed by atoms with Crippen LogP contribution in [0.4, 0.5) is 0 Å². The Morgan fingerprint density at radius 1 is 1.19 bits per heavy atom. The van der Waals surface area contributed by atoms with Crippen molar-refractivity contribution in [3.63, 3.8) is 0 Å². The third-order valence-corrected chi connectivity index (χ3v) is 5.15. The molecular weight excluding hydrogens is 196 g/mol. The molecule has 0 spiro atoms. The van der Waals surface area contributed by atoms with Gasteiger partial charge in [-0.15, -0.1) is 0 Å². The number of rotatable bonds is 2. The molecule has 0 amide bonds. The number of hydrogen-bond donors (Lipinski definition) is 1. The summed E-state index contributed by atoms with van der Waals surface area (Å²) < 4.78 is 2.12. The zero-order valence-corrected chi connectivity index (χ0v) is 10.5. The molecule has 2 aliphatic carbocycles. The Morgan fingerprint density at radius 2 is 1.88 bits per heavy atom. The second-order valence-corrected chi connectivity index (χ2v) is 6.57. The van der Waals surface area contributed by atoms with Gasteiger partial charge in [0.25, 0.3) is 0 Å². The van der Waals surface area contributed by atoms with Gasteiger partial charge >= 0.3 is 0 Å². The zero-order valence-electron chi connectivity index (χ0n) is 10.5. The minimum absolute atomic E-state index is 0.428. The minimum Gasteiger partial charge on any atom is -0.322 e. The Morgan fingerprint density at radius 3 is 2.44 bits per heavy atom. The lowest BCUT2D eigenvalue weighted by Gasteiger charge is -2.43. The molecule has 0 aromatic carbocycles. The Bertz CT molecular complexity index is 375. The van der Waals surface area contributed by atoms with Gasteiger partial charge < -0.3 is 5.43 Å². The average Bonchev–Trinajstić information content (AvgIpc) is 2.85. The van der Waals surface area contributed by atoms with Crippen molar-refractivity contribution in [2.75, 3.05) is 5.43 Å². The average molecular weight is 218 g/mol. The molecule has 2 fully saturated rings. The Labute approximate surface area is 98.0 Å². The molecule has 1 unspecified atom stereocenters. The van der Waals surface area contributed by atoms with E-state index in [2.05, 4.69) is 55.4 Å². The quantitative estimate of drug-likeness (QED) is 0.806. The van der Waals surface area contributed by atoms with Crippen molar-refractivity contribution in [2.45, 2.75) is 46.1 Å². The van der Waals surface area contributed by atoms with Crippen LogP contribution < -0.4 is 5.43 Å². The van der Waals surface area contributed by atoms with Crippen molar-refractivity contribution in [2.24, 2.45) is 16.7 Å². The molecule has 1 aromatic rings. The van der Waals surface area contributed by atoms with E-state index in [9.17, 15) is 0 Å². The molecule has 1 N–H and O–H groups in total. The zero-order chi connectivity index (χ0) is 11.4. The van der Waals surface area contributed by atoms with Gasteiger partial charge in [-0.2, -0.15) is 0 Å². The van der Waals surface area contributed by atoms with Crippen LogP contribution in [-0.4, -0.2) is 10.7 Å². The van der Waals surface area contributed by atoms with Crippen molar-refractivity contribution >= 4 is 0 Å². The van der Waals surface area contributed by atoms with Gasteiger partial charge in [0, 0.05) is 12.4 Å². The van der Waals surface area contributed by atoms with E-state index in [1.165, 1.54) is 19.3 Å². The van der Waals surface area contributed by atoms with E-state index in [1.807, 2.05) is 0 Å². The first-order chi connectivity index (χ1) is 7.52. The second kappa shape index (κ2) is 3.06. The second-order valence-electron chi connectivity index (χ2n) is 6.57. The van der Waals surface area contributed by atoms with E-state index >= 15 is 0 Å². The van der Waals surface area contributed by atoms with Crippen LogP contribution in [-0.2, 0) is 0 Å². The molecule has 16 heavy (non-hydrogen) atoms. The van der Waals surface area contributed by atoms with Gasteiger partial charge in [0.15, 0.2) is 0 Å². The van der Waals surface area contributed by atoms with Gasteiger partial charge in [0.2, 0.25) is 0 Å². The summed E-state index contributed by atoms with van der Waals surface area (Å²) in [6.45, 7) is 7.33. The van der Waals surface area contributed by atoms with Crippen LogP contribution >= 0.6 is 0 Å². The fraction of sp³-hybridized carbons (Fsp3) is 0.714. The predicted octanol–water partition coefficient (Wildman–Crippen LogP) is 3.25. The fourth-order valence-corrected chi connectivity index (χ4v) is 4.19. The molecule has 88 valence electrons. The molecule has 2 aliphatic rings. The number of nitrogens with zero attached hydrogens (tertiary/aromatic N) is 1. The van der Waals surface area contributed by atoms with Crippen molar-refractivity contribution in [3.05, 3.63) is 24.5 Å². The van der Waals surface area contributed by atoms with Crippen molar-refractivity contribution < 1.29 is 0 Å². The highest BCUT2D eigenvalue weighted by Crippen LogP contribution is 2.62. The van der Waals surface area contributed by atoms with Gasteiger partial charge in [-0.25, -0.2) is 0 Å². The lowest BCUT2D eigenvalue weighted by atomic mass is 9.69. The molecule has 0 saturated heterocycles. The predicted molar refractivity (Wildman–Crippen MR) is 66.8 cm³/mol. The van der Waals surface area contributed by atoms with E-state index in [4.69, 9.17) is 0 Å². The third kappa shape index (κ3) is 1.25. The van der Waals surface area contributed by atoms with Crippen LogP contribution in [0.5, 0.6) is 0 Å². The summed E-state index contributed by atoms with van der Waals surface area (Å²) in [6.07, 6.45) is 8.42. The molecule has 2 saturated carbocycles. The number of hydrogen-bond acceptors (Lipinski definition) is 1. The highest BCUT2D eigenvalue weighted by Gasteiger charge is 2.59. The number of nitrogens with one attached hydrogen (secondary N) is 1. The fourth-order valence-electron chi connectivity index (χ4n) is 4.19. The maximum atomic E-state index is 3.70. The summed E-state index contributed by atoms with van der Waals surface area (Å²) in [5.41, 5.74) is 4.63. The standard InChI is InChI=1S/C14H22N2/c1-13(2)11-6-7-14(3,10-11)12(13)15-16-8-4-5-9-16/h4-5,8-9,11-12,15H,6-7,10H2,1-3H3/t11-,12?,14+/m0/s1. The summed E-state index contributed by atoms with van der Waals surface area (Å²) in [5.74, 6) is 0.908. The first-order valence-electron chi connectivity index (χ1n) is 6.42. The van der Waals surface area contributed by atoms with Gasteiger partial charge in [-0.1, -0.05) is 20.8 Å². The monoisotopic (exact) mass is 218 g/mol. The molecule has 1 aromatic heterocycles. The minimum atomic E-state index is 0.428. The Balaban J connectivity index is 1.88. The first kappa shape index (κ1) is 10.2. The molecule has 1 heterocycles. The van der Waals surface area contributed by atoms with Gasteiger partial charge in [0.05, 0.1) is 6.04 Å². The maximum absolute atomic E-state index is 3.70. The topological polar surface area (TPSA) is 17.0 Å². The van der Waals surface area contributed by atoms with Crippen LogP contribution in [0.2, 0.25) is 0 Å². The lowest BCUT2D eigenvalue weighted by molar-refractivity contribution is 0.145.